The molecule has 0 aromatic heterocycles. The van der Waals surface area contributed by atoms with Crippen LogP contribution in [0.4, 0.5) is 4.79 Å². The van der Waals surface area contributed by atoms with E-state index in [0.29, 0.717) is 18.3 Å². The largest absolute Gasteiger partial charge is 0.445 e. The van der Waals surface area contributed by atoms with Crippen molar-refractivity contribution in [1.82, 2.24) is 15.5 Å². The van der Waals surface area contributed by atoms with Crippen molar-refractivity contribution in [1.29, 1.82) is 5.41 Å². The quantitative estimate of drug-likeness (QED) is 0.456. The van der Waals surface area contributed by atoms with Crippen molar-refractivity contribution in [3.8, 4) is 0 Å². The first-order valence-corrected chi connectivity index (χ1v) is 11.6. The van der Waals surface area contributed by atoms with Crippen LogP contribution in [0.2, 0.25) is 0 Å². The van der Waals surface area contributed by atoms with Crippen molar-refractivity contribution < 1.29 is 14.3 Å². The maximum Gasteiger partial charge on any atom is 0.408 e. The molecule has 170 valence electrons. The van der Waals surface area contributed by atoms with Crippen LogP contribution in [0.5, 0.6) is 0 Å². The first-order chi connectivity index (χ1) is 15.0. The maximum absolute atomic E-state index is 13.0. The van der Waals surface area contributed by atoms with Crippen LogP contribution < -0.4 is 10.6 Å². The molecule has 1 aromatic rings. The van der Waals surface area contributed by atoms with Gasteiger partial charge in [-0.3, -0.25) is 10.2 Å². The summed E-state index contributed by atoms with van der Waals surface area (Å²) < 4.78 is 5.37. The molecule has 2 aliphatic rings. The van der Waals surface area contributed by atoms with E-state index >= 15 is 0 Å². The summed E-state index contributed by atoms with van der Waals surface area (Å²) in [5.41, 5.74) is 0.919. The fourth-order valence-electron chi connectivity index (χ4n) is 4.58. The Morgan fingerprint density at radius 2 is 1.77 bits per heavy atom. The normalized spacial score (nSPS) is 18.8. The molecule has 7 nitrogen and oxygen atoms in total. The lowest BCUT2D eigenvalue weighted by atomic mass is 9.83. The number of rotatable bonds is 7. The Hall–Kier alpha value is -2.57. The summed E-state index contributed by atoms with van der Waals surface area (Å²) in [5, 5.41) is 13.7. The number of nitrogens with one attached hydrogen (secondary N) is 3. The summed E-state index contributed by atoms with van der Waals surface area (Å²) >= 11 is 0. The summed E-state index contributed by atoms with van der Waals surface area (Å²) in [7, 11) is 0. The van der Waals surface area contributed by atoms with E-state index in [1.54, 1.807) is 0 Å². The number of hydrogen-bond acceptors (Lipinski definition) is 4. The minimum atomic E-state index is -0.549. The van der Waals surface area contributed by atoms with Gasteiger partial charge in [0.25, 0.3) is 0 Å². The first kappa shape index (κ1) is 23.1. The van der Waals surface area contributed by atoms with Crippen LogP contribution in [0.3, 0.4) is 0 Å². The Balaban J connectivity index is 1.50. The van der Waals surface area contributed by atoms with Gasteiger partial charge in [0.1, 0.15) is 12.6 Å². The molecular formula is C24H36N4O3. The van der Waals surface area contributed by atoms with Crippen molar-refractivity contribution in [2.24, 2.45) is 11.8 Å². The molecule has 1 aliphatic carbocycles. The van der Waals surface area contributed by atoms with Crippen LogP contribution in [0.25, 0.3) is 0 Å². The van der Waals surface area contributed by atoms with Gasteiger partial charge in [0, 0.05) is 19.6 Å². The topological polar surface area (TPSA) is 94.5 Å². The SMILES string of the molecule is CC(=N)N1CCC(CNC(=O)[C@@H](NC(=O)OCc2ccccc2)C2CCCCC2)CC1. The van der Waals surface area contributed by atoms with E-state index in [1.165, 1.54) is 6.42 Å². The number of amides is 2. The third kappa shape index (κ3) is 7.26. The number of amidine groups is 1. The van der Waals surface area contributed by atoms with Gasteiger partial charge in [-0.1, -0.05) is 49.6 Å². The van der Waals surface area contributed by atoms with E-state index in [4.69, 9.17) is 10.1 Å². The van der Waals surface area contributed by atoms with E-state index in [1.807, 2.05) is 37.3 Å². The molecule has 31 heavy (non-hydrogen) atoms. The summed E-state index contributed by atoms with van der Waals surface area (Å²) in [6, 6.07) is 9.00. The first-order valence-electron chi connectivity index (χ1n) is 11.6. The summed E-state index contributed by atoms with van der Waals surface area (Å²) in [5.74, 6) is 1.07. The lowest BCUT2D eigenvalue weighted by Crippen LogP contribution is -2.52. The van der Waals surface area contributed by atoms with Crippen molar-refractivity contribution >= 4 is 17.8 Å². The van der Waals surface area contributed by atoms with Gasteiger partial charge in [0.05, 0.1) is 5.84 Å². The second kappa shape index (κ2) is 11.7. The predicted molar refractivity (Wildman–Crippen MR) is 121 cm³/mol. The summed E-state index contributed by atoms with van der Waals surface area (Å²) in [6.07, 6.45) is 6.68. The zero-order valence-electron chi connectivity index (χ0n) is 18.6. The monoisotopic (exact) mass is 428 g/mol. The van der Waals surface area contributed by atoms with Gasteiger partial charge in [-0.05, 0) is 50.0 Å². The Morgan fingerprint density at radius 3 is 2.42 bits per heavy atom. The van der Waals surface area contributed by atoms with Gasteiger partial charge < -0.3 is 20.3 Å². The average molecular weight is 429 g/mol. The Labute approximate surface area is 185 Å². The van der Waals surface area contributed by atoms with Gasteiger partial charge in [-0.2, -0.15) is 0 Å². The fourth-order valence-corrected chi connectivity index (χ4v) is 4.58. The summed E-state index contributed by atoms with van der Waals surface area (Å²) in [6.45, 7) is 4.36. The molecule has 3 N–H and O–H groups in total. The Morgan fingerprint density at radius 1 is 1.10 bits per heavy atom. The highest BCUT2D eigenvalue weighted by molar-refractivity contribution is 5.86. The second-order valence-electron chi connectivity index (χ2n) is 8.84. The van der Waals surface area contributed by atoms with Crippen LogP contribution in [0.15, 0.2) is 30.3 Å². The van der Waals surface area contributed by atoms with Gasteiger partial charge in [-0.25, -0.2) is 4.79 Å². The number of hydrogen-bond donors (Lipinski definition) is 3. The Kier molecular flexibility index (Phi) is 8.74. The zero-order valence-corrected chi connectivity index (χ0v) is 18.6. The maximum atomic E-state index is 13.0. The number of benzene rings is 1. The number of likely N-dealkylation sites (tertiary alicyclic amines) is 1. The van der Waals surface area contributed by atoms with Crippen LogP contribution in [0.1, 0.15) is 57.4 Å². The van der Waals surface area contributed by atoms with Crippen molar-refractivity contribution in [2.75, 3.05) is 19.6 Å². The third-order valence-electron chi connectivity index (χ3n) is 6.54. The van der Waals surface area contributed by atoms with Crippen molar-refractivity contribution in [2.45, 2.75) is 64.5 Å². The molecule has 1 saturated heterocycles. The molecule has 1 heterocycles. The van der Waals surface area contributed by atoms with Crippen LogP contribution in [-0.2, 0) is 16.1 Å². The van der Waals surface area contributed by atoms with Crippen LogP contribution >= 0.6 is 0 Å². The van der Waals surface area contributed by atoms with E-state index in [2.05, 4.69) is 15.5 Å². The van der Waals surface area contributed by atoms with Gasteiger partial charge in [0.15, 0.2) is 0 Å². The second-order valence-corrected chi connectivity index (χ2v) is 8.84. The molecule has 7 heteroatoms. The molecular weight excluding hydrogens is 392 g/mol. The molecule has 1 aromatic carbocycles. The molecule has 2 amide bonds. The third-order valence-corrected chi connectivity index (χ3v) is 6.54. The van der Waals surface area contributed by atoms with E-state index < -0.39 is 12.1 Å². The number of ether oxygens (including phenoxy) is 1. The van der Waals surface area contributed by atoms with Crippen molar-refractivity contribution in [3.63, 3.8) is 0 Å². The fraction of sp³-hybridized carbons (Fsp3) is 0.625. The highest BCUT2D eigenvalue weighted by Gasteiger charge is 2.32. The summed E-state index contributed by atoms with van der Waals surface area (Å²) in [4.78, 5) is 27.6. The molecule has 2 fully saturated rings. The molecule has 1 atom stereocenters. The van der Waals surface area contributed by atoms with E-state index in [-0.39, 0.29) is 18.4 Å². The molecule has 0 spiro atoms. The van der Waals surface area contributed by atoms with E-state index in [9.17, 15) is 9.59 Å². The minimum absolute atomic E-state index is 0.103. The van der Waals surface area contributed by atoms with E-state index in [0.717, 1.165) is 57.2 Å². The Bertz CT molecular complexity index is 726. The van der Waals surface area contributed by atoms with Crippen LogP contribution in [-0.4, -0.2) is 48.4 Å². The van der Waals surface area contributed by atoms with Crippen LogP contribution in [0, 0.1) is 17.2 Å². The average Bonchev–Trinajstić information content (AvgIpc) is 2.81. The minimum Gasteiger partial charge on any atom is -0.445 e. The number of carbonyl (C=O) groups is 2. The lowest BCUT2D eigenvalue weighted by molar-refractivity contribution is -0.125. The molecule has 1 aliphatic heterocycles. The smallest absolute Gasteiger partial charge is 0.408 e. The molecule has 0 unspecified atom stereocenters. The van der Waals surface area contributed by atoms with Crippen molar-refractivity contribution in [3.05, 3.63) is 35.9 Å². The molecule has 0 bridgehead atoms. The highest BCUT2D eigenvalue weighted by atomic mass is 16.5. The van der Waals surface area contributed by atoms with Gasteiger partial charge in [0.2, 0.25) is 5.91 Å². The highest BCUT2D eigenvalue weighted by Crippen LogP contribution is 2.27. The van der Waals surface area contributed by atoms with Gasteiger partial charge >= 0.3 is 6.09 Å². The number of carbonyl (C=O) groups excluding carboxylic acids is 2. The number of nitrogens with zero attached hydrogens (tertiary/aromatic N) is 1. The predicted octanol–water partition coefficient (Wildman–Crippen LogP) is 3.69. The lowest BCUT2D eigenvalue weighted by Gasteiger charge is -2.34. The zero-order chi connectivity index (χ0) is 22.1. The van der Waals surface area contributed by atoms with Gasteiger partial charge in [-0.15, -0.1) is 0 Å². The standard InChI is InChI=1S/C24H36N4O3/c1-18(25)28-14-12-19(13-15-28)16-26-23(29)22(21-10-6-3-7-11-21)27-24(30)31-17-20-8-4-2-5-9-20/h2,4-5,8-9,19,21-22,25H,3,6-7,10-17H2,1H3,(H,26,29)(H,27,30)/t22-/m0/s1. The number of piperidine rings is 1. The molecule has 1 saturated carbocycles. The molecule has 3 rings (SSSR count). The molecule has 0 radical (unpaired) electrons. The number of alkyl carbamates (subject to hydrolysis) is 1.